The Labute approximate surface area is 81.5 Å². The summed E-state index contributed by atoms with van der Waals surface area (Å²) in [5.74, 6) is 0. The van der Waals surface area contributed by atoms with Gasteiger partial charge in [-0.2, -0.15) is 0 Å². The minimum absolute atomic E-state index is 0. The molecule has 0 aliphatic carbocycles. The maximum Gasteiger partial charge on any atom is 0.0215 e. The van der Waals surface area contributed by atoms with E-state index in [1.165, 1.54) is 19.5 Å². The molecule has 0 aromatic carbocycles. The lowest BCUT2D eigenvalue weighted by Crippen LogP contribution is -2.48. The van der Waals surface area contributed by atoms with Crippen LogP contribution in [0.1, 0.15) is 13.3 Å². The van der Waals surface area contributed by atoms with Gasteiger partial charge in [-0.3, -0.25) is 0 Å². The first-order valence-corrected chi connectivity index (χ1v) is 3.75. The van der Waals surface area contributed by atoms with Crippen LogP contribution < -0.4 is 5.32 Å². The number of hydrogen-bond acceptors (Lipinski definition) is 2. The van der Waals surface area contributed by atoms with E-state index in [0.29, 0.717) is 0 Å². The monoisotopic (exact) mass is 200 g/mol. The third-order valence-electron chi connectivity index (χ3n) is 2.12. The van der Waals surface area contributed by atoms with Gasteiger partial charge in [0.25, 0.3) is 0 Å². The van der Waals surface area contributed by atoms with E-state index in [9.17, 15) is 0 Å². The molecule has 0 bridgehead atoms. The molecule has 11 heavy (non-hydrogen) atoms. The Kier molecular flexibility index (Phi) is 9.15. The number of halogens is 2. The zero-order chi connectivity index (χ0) is 6.69. The van der Waals surface area contributed by atoms with Crippen molar-refractivity contribution in [1.29, 1.82) is 0 Å². The van der Waals surface area contributed by atoms with Gasteiger partial charge in [-0.1, -0.05) is 6.92 Å². The van der Waals surface area contributed by atoms with Crippen molar-refractivity contribution in [2.75, 3.05) is 26.7 Å². The summed E-state index contributed by atoms with van der Waals surface area (Å²) < 4.78 is 0. The van der Waals surface area contributed by atoms with Crippen LogP contribution in [-0.4, -0.2) is 37.6 Å². The summed E-state index contributed by atoms with van der Waals surface area (Å²) in [4.78, 5) is 2.43. The number of rotatable bonds is 1. The van der Waals surface area contributed by atoms with Crippen molar-refractivity contribution in [1.82, 2.24) is 10.2 Å². The van der Waals surface area contributed by atoms with E-state index < -0.39 is 0 Å². The second-order valence-electron chi connectivity index (χ2n) is 2.75. The standard InChI is InChI=1S/C7H16N2.2ClH/c1-3-7-6-8-4-5-9(7)2;;/h7-8H,3-6H2,1-2H3;2*1H. The highest BCUT2D eigenvalue weighted by Crippen LogP contribution is 2.02. The van der Waals surface area contributed by atoms with Crippen LogP contribution in [0.15, 0.2) is 0 Å². The van der Waals surface area contributed by atoms with E-state index in [2.05, 4.69) is 24.2 Å². The summed E-state index contributed by atoms with van der Waals surface area (Å²) in [5.41, 5.74) is 0. The molecular weight excluding hydrogens is 183 g/mol. The van der Waals surface area contributed by atoms with E-state index in [1.54, 1.807) is 0 Å². The van der Waals surface area contributed by atoms with Crippen LogP contribution in [-0.2, 0) is 0 Å². The second-order valence-corrected chi connectivity index (χ2v) is 2.75. The molecule has 4 heteroatoms. The predicted molar refractivity (Wildman–Crippen MR) is 54.1 cm³/mol. The molecule has 0 spiro atoms. The van der Waals surface area contributed by atoms with Crippen molar-refractivity contribution in [2.45, 2.75) is 19.4 Å². The van der Waals surface area contributed by atoms with Gasteiger partial charge in [-0.15, -0.1) is 24.8 Å². The Bertz CT molecular complexity index is 90.5. The zero-order valence-corrected chi connectivity index (χ0v) is 8.80. The second kappa shape index (κ2) is 7.17. The highest BCUT2D eigenvalue weighted by molar-refractivity contribution is 5.85. The van der Waals surface area contributed by atoms with Gasteiger partial charge in [0, 0.05) is 25.7 Å². The minimum Gasteiger partial charge on any atom is -0.314 e. The summed E-state index contributed by atoms with van der Waals surface area (Å²) in [5, 5.41) is 3.37. The van der Waals surface area contributed by atoms with E-state index in [-0.39, 0.29) is 24.8 Å². The molecule has 1 atom stereocenters. The number of piperazine rings is 1. The maximum absolute atomic E-state index is 3.37. The highest BCUT2D eigenvalue weighted by Gasteiger charge is 2.15. The summed E-state index contributed by atoms with van der Waals surface area (Å²) >= 11 is 0. The first-order chi connectivity index (χ1) is 4.34. The molecule has 0 radical (unpaired) electrons. The summed E-state index contributed by atoms with van der Waals surface area (Å²) in [6.07, 6.45) is 1.27. The fraction of sp³-hybridized carbons (Fsp3) is 1.00. The molecule has 70 valence electrons. The van der Waals surface area contributed by atoms with Gasteiger partial charge in [0.15, 0.2) is 0 Å². The molecule has 1 fully saturated rings. The van der Waals surface area contributed by atoms with Crippen molar-refractivity contribution >= 4 is 24.8 Å². The molecule has 1 aliphatic rings. The highest BCUT2D eigenvalue weighted by atomic mass is 35.5. The van der Waals surface area contributed by atoms with Crippen molar-refractivity contribution in [2.24, 2.45) is 0 Å². The van der Waals surface area contributed by atoms with E-state index in [0.717, 1.165) is 12.6 Å². The molecule has 2 nitrogen and oxygen atoms in total. The lowest BCUT2D eigenvalue weighted by atomic mass is 10.1. The Morgan fingerprint density at radius 2 is 2.09 bits per heavy atom. The van der Waals surface area contributed by atoms with E-state index in [4.69, 9.17) is 0 Å². The molecule has 0 aromatic rings. The van der Waals surface area contributed by atoms with Crippen LogP contribution in [0.25, 0.3) is 0 Å². The van der Waals surface area contributed by atoms with Crippen LogP contribution >= 0.6 is 24.8 Å². The van der Waals surface area contributed by atoms with Gasteiger partial charge in [0.2, 0.25) is 0 Å². The fourth-order valence-electron chi connectivity index (χ4n) is 1.32. The molecule has 1 rings (SSSR count). The van der Waals surface area contributed by atoms with Gasteiger partial charge in [0.05, 0.1) is 0 Å². The molecule has 0 saturated carbocycles. The molecule has 1 N–H and O–H groups in total. The van der Waals surface area contributed by atoms with E-state index >= 15 is 0 Å². The Hall–Kier alpha value is 0.500. The minimum atomic E-state index is 0. The van der Waals surface area contributed by atoms with Crippen molar-refractivity contribution in [3.05, 3.63) is 0 Å². The van der Waals surface area contributed by atoms with Crippen LogP contribution in [0.5, 0.6) is 0 Å². The first kappa shape index (κ1) is 14.0. The third-order valence-corrected chi connectivity index (χ3v) is 2.12. The lowest BCUT2D eigenvalue weighted by Gasteiger charge is -2.32. The molecule has 1 saturated heterocycles. The van der Waals surface area contributed by atoms with Crippen LogP contribution in [0, 0.1) is 0 Å². The molecule has 1 unspecified atom stereocenters. The SMILES string of the molecule is CCC1CNCCN1C.Cl.Cl. The van der Waals surface area contributed by atoms with Crippen molar-refractivity contribution in [3.63, 3.8) is 0 Å². The van der Waals surface area contributed by atoms with E-state index in [1.807, 2.05) is 0 Å². The zero-order valence-electron chi connectivity index (χ0n) is 7.17. The maximum atomic E-state index is 3.37. The van der Waals surface area contributed by atoms with Crippen LogP contribution in [0.3, 0.4) is 0 Å². The molecular formula is C7H18Cl2N2. The average Bonchev–Trinajstić information content (AvgIpc) is 1.89. The number of nitrogens with zero attached hydrogens (tertiary/aromatic N) is 1. The average molecular weight is 201 g/mol. The Balaban J connectivity index is 0. The topological polar surface area (TPSA) is 15.3 Å². The van der Waals surface area contributed by atoms with Gasteiger partial charge < -0.3 is 10.2 Å². The first-order valence-electron chi connectivity index (χ1n) is 3.75. The Morgan fingerprint density at radius 3 is 2.45 bits per heavy atom. The third kappa shape index (κ3) is 4.16. The normalized spacial score (nSPS) is 25.1. The van der Waals surface area contributed by atoms with Crippen LogP contribution in [0.4, 0.5) is 0 Å². The molecule has 1 heterocycles. The predicted octanol–water partition coefficient (Wildman–Crippen LogP) is 1.14. The Morgan fingerprint density at radius 1 is 1.45 bits per heavy atom. The quantitative estimate of drug-likeness (QED) is 0.684. The van der Waals surface area contributed by atoms with Gasteiger partial charge in [-0.25, -0.2) is 0 Å². The largest absolute Gasteiger partial charge is 0.314 e. The summed E-state index contributed by atoms with van der Waals surface area (Å²) in [6.45, 7) is 5.78. The van der Waals surface area contributed by atoms with Crippen molar-refractivity contribution in [3.8, 4) is 0 Å². The number of likely N-dealkylation sites (N-methyl/N-ethyl adjacent to an activating group) is 1. The van der Waals surface area contributed by atoms with Gasteiger partial charge in [0.1, 0.15) is 0 Å². The van der Waals surface area contributed by atoms with Crippen LogP contribution in [0.2, 0.25) is 0 Å². The lowest BCUT2D eigenvalue weighted by molar-refractivity contribution is 0.195. The summed E-state index contributed by atoms with van der Waals surface area (Å²) in [7, 11) is 2.20. The van der Waals surface area contributed by atoms with Gasteiger partial charge in [-0.05, 0) is 13.5 Å². The summed E-state index contributed by atoms with van der Waals surface area (Å²) in [6, 6.07) is 0.777. The molecule has 1 aliphatic heterocycles. The number of hydrogen-bond donors (Lipinski definition) is 1. The molecule has 0 amide bonds. The smallest absolute Gasteiger partial charge is 0.0215 e. The number of nitrogens with one attached hydrogen (secondary N) is 1. The van der Waals surface area contributed by atoms with Crippen molar-refractivity contribution < 1.29 is 0 Å². The molecule has 0 aromatic heterocycles. The van der Waals surface area contributed by atoms with Gasteiger partial charge >= 0.3 is 0 Å². The fourth-order valence-corrected chi connectivity index (χ4v) is 1.32.